The number of fused-ring (bicyclic) bond motifs is 4. The molecule has 2 aromatic rings. The van der Waals surface area contributed by atoms with E-state index >= 15 is 0 Å². The molecule has 0 saturated heterocycles. The van der Waals surface area contributed by atoms with Crippen molar-refractivity contribution in [1.29, 1.82) is 0 Å². The molecule has 23 heavy (non-hydrogen) atoms. The van der Waals surface area contributed by atoms with Crippen molar-refractivity contribution in [2.45, 2.75) is 19.9 Å². The van der Waals surface area contributed by atoms with E-state index in [1.165, 1.54) is 21.2 Å². The molecule has 0 heterocycles. The zero-order chi connectivity index (χ0) is 15.6. The van der Waals surface area contributed by atoms with E-state index in [1.807, 2.05) is 0 Å². The molecule has 0 amide bonds. The summed E-state index contributed by atoms with van der Waals surface area (Å²) in [5.74, 6) is 2.60. The van der Waals surface area contributed by atoms with Gasteiger partial charge in [0, 0.05) is 37.2 Å². The molecule has 2 aliphatic rings. The molecule has 5 atom stereocenters. The van der Waals surface area contributed by atoms with E-state index in [2.05, 4.69) is 69.3 Å². The predicted molar refractivity (Wildman–Crippen MR) is 94.9 cm³/mol. The minimum atomic E-state index is 0. The summed E-state index contributed by atoms with van der Waals surface area (Å²) < 4.78 is 0. The molecule has 0 aromatic heterocycles. The smallest absolute Gasteiger partial charge is 0.0174 e. The zero-order valence-electron chi connectivity index (χ0n) is 14.4. The second-order valence-electron chi connectivity index (χ2n) is 7.45. The van der Waals surface area contributed by atoms with Gasteiger partial charge in [0.1, 0.15) is 0 Å². The Bertz CT molecular complexity index is 848. The third-order valence-corrected chi connectivity index (χ3v) is 6.22. The molecule has 2 nitrogen and oxygen atoms in total. The Morgan fingerprint density at radius 2 is 1.70 bits per heavy atom. The normalized spacial score (nSPS) is 32.0. The van der Waals surface area contributed by atoms with Crippen LogP contribution < -0.4 is 16.2 Å². The summed E-state index contributed by atoms with van der Waals surface area (Å²) >= 11 is 0. The number of rotatable bonds is 1. The first-order valence-electron chi connectivity index (χ1n) is 8.33. The summed E-state index contributed by atoms with van der Waals surface area (Å²) in [6.07, 6.45) is 4.99. The van der Waals surface area contributed by atoms with Gasteiger partial charge in [-0.1, -0.05) is 32.0 Å². The van der Waals surface area contributed by atoms with Crippen LogP contribution in [0.25, 0.3) is 22.9 Å². The van der Waals surface area contributed by atoms with Crippen LogP contribution in [0.2, 0.25) is 0 Å². The zero-order valence-corrected chi connectivity index (χ0v) is 18.5. The van der Waals surface area contributed by atoms with Gasteiger partial charge in [-0.3, -0.25) is 0 Å². The van der Waals surface area contributed by atoms with Gasteiger partial charge < -0.3 is 10.6 Å². The first-order chi connectivity index (χ1) is 10.5. The van der Waals surface area contributed by atoms with Crippen molar-refractivity contribution in [2.24, 2.45) is 23.7 Å². The molecule has 2 aliphatic carbocycles. The number of nitrogens with zero attached hydrogens (tertiary/aromatic N) is 1. The average molecular weight is 531 g/mol. The van der Waals surface area contributed by atoms with E-state index in [0.29, 0.717) is 29.7 Å². The fourth-order valence-electron chi connectivity index (χ4n) is 5.01. The Labute approximate surface area is 162 Å². The molecule has 2 N–H and O–H groups in total. The third kappa shape index (κ3) is 2.36. The van der Waals surface area contributed by atoms with Gasteiger partial charge in [0.2, 0.25) is 0 Å². The van der Waals surface area contributed by atoms with Crippen molar-refractivity contribution < 1.29 is 31.1 Å². The van der Waals surface area contributed by atoms with Gasteiger partial charge in [0.05, 0.1) is 0 Å². The van der Waals surface area contributed by atoms with Crippen molar-refractivity contribution in [1.82, 2.24) is 4.90 Å². The van der Waals surface area contributed by atoms with Gasteiger partial charge in [-0.15, -0.1) is 39.4 Å². The van der Waals surface area contributed by atoms with Crippen LogP contribution in [0.4, 0.5) is 5.69 Å². The van der Waals surface area contributed by atoms with Crippen molar-refractivity contribution in [3.8, 4) is 0 Å². The van der Waals surface area contributed by atoms with Gasteiger partial charge >= 0.3 is 0 Å². The Balaban J connectivity index is 0.00000156. The largest absolute Gasteiger partial charge is 0.429 e. The monoisotopic (exact) mass is 531 g/mol. The molecule has 3 heteroatoms. The van der Waals surface area contributed by atoms with E-state index in [4.69, 9.17) is 5.73 Å². The Kier molecular flexibility index (Phi) is 4.51. The standard InChI is InChI=1S/C20H25N2.U/c1-11-12(2)20(22(3)4)18-10-16-13-7-5-6-8-14(13)19(21)17(16)9-15(11)18;/h5-12,15,18,20H,21H2,1-4H3;/q-1;. The second-order valence-corrected chi connectivity index (χ2v) is 7.45. The van der Waals surface area contributed by atoms with Crippen molar-refractivity contribution in [3.63, 3.8) is 0 Å². The van der Waals surface area contributed by atoms with Crippen LogP contribution in [0.3, 0.4) is 0 Å². The van der Waals surface area contributed by atoms with Gasteiger partial charge in [-0.25, -0.2) is 0 Å². The molecule has 1 saturated carbocycles. The number of hydrogen-bond acceptors (Lipinski definition) is 2. The van der Waals surface area contributed by atoms with Crippen LogP contribution in [0.5, 0.6) is 0 Å². The number of benzene rings is 1. The predicted octanol–water partition coefficient (Wildman–Crippen LogP) is 2.16. The minimum Gasteiger partial charge on any atom is -0.429 e. The fourth-order valence-corrected chi connectivity index (χ4v) is 5.01. The molecule has 0 spiro atoms. The third-order valence-electron chi connectivity index (χ3n) is 6.22. The van der Waals surface area contributed by atoms with E-state index in [-0.39, 0.29) is 31.1 Å². The summed E-state index contributed by atoms with van der Waals surface area (Å²) in [7, 11) is 4.44. The van der Waals surface area contributed by atoms with Crippen molar-refractivity contribution >= 4 is 28.6 Å². The summed E-state index contributed by atoms with van der Waals surface area (Å²) in [6.45, 7) is 4.81. The number of nitrogens with two attached hydrogens (primary N) is 1. The maximum atomic E-state index is 6.46. The van der Waals surface area contributed by atoms with E-state index in [1.54, 1.807) is 0 Å². The quantitative estimate of drug-likeness (QED) is 0.572. The van der Waals surface area contributed by atoms with Crippen molar-refractivity contribution in [2.75, 3.05) is 19.8 Å². The number of anilines is 1. The van der Waals surface area contributed by atoms with Crippen LogP contribution in [0, 0.1) is 54.8 Å². The summed E-state index contributed by atoms with van der Waals surface area (Å²) in [6, 6.07) is 9.17. The second kappa shape index (κ2) is 6.03. The molecule has 0 radical (unpaired) electrons. The molecule has 2 aromatic carbocycles. The molecular weight excluding hydrogens is 506 g/mol. The van der Waals surface area contributed by atoms with E-state index in [9.17, 15) is 0 Å². The first kappa shape index (κ1) is 17.2. The van der Waals surface area contributed by atoms with Crippen LogP contribution in [-0.2, 0) is 0 Å². The van der Waals surface area contributed by atoms with E-state index in [0.717, 1.165) is 5.69 Å². The molecule has 1 fully saturated rings. The van der Waals surface area contributed by atoms with Gasteiger partial charge in [-0.05, 0) is 43.5 Å². The Hall–Kier alpha value is -0.618. The van der Waals surface area contributed by atoms with Crippen LogP contribution in [0.15, 0.2) is 24.3 Å². The number of nitrogen functional groups attached to an aromatic ring is 1. The van der Waals surface area contributed by atoms with Gasteiger partial charge in [0.15, 0.2) is 0 Å². The Morgan fingerprint density at radius 3 is 2.39 bits per heavy atom. The SMILES string of the molecule is CC1C(C)C(N(C)C)C2C=c3c([c-](N)c4ccccc34)=CC12.[U]. The maximum Gasteiger partial charge on any atom is 0.0174 e. The minimum absolute atomic E-state index is 0. The average Bonchev–Trinajstić information content (AvgIpc) is 2.92. The molecule has 5 unspecified atom stereocenters. The molecular formula is C20H25N2U-. The fraction of sp³-hybridized carbons (Fsp3) is 0.450. The van der Waals surface area contributed by atoms with Crippen LogP contribution in [0.1, 0.15) is 13.8 Å². The Morgan fingerprint density at radius 1 is 1.00 bits per heavy atom. The van der Waals surface area contributed by atoms with Crippen LogP contribution in [-0.4, -0.2) is 25.0 Å². The van der Waals surface area contributed by atoms with E-state index < -0.39 is 0 Å². The van der Waals surface area contributed by atoms with Gasteiger partial charge in [-0.2, -0.15) is 0 Å². The number of hydrogen-bond donors (Lipinski definition) is 1. The topological polar surface area (TPSA) is 29.3 Å². The van der Waals surface area contributed by atoms with Gasteiger partial charge in [0.25, 0.3) is 0 Å². The van der Waals surface area contributed by atoms with Crippen molar-refractivity contribution in [3.05, 3.63) is 34.7 Å². The molecule has 4 rings (SSSR count). The summed E-state index contributed by atoms with van der Waals surface area (Å²) in [5, 5.41) is 5.17. The first-order valence-corrected chi connectivity index (χ1v) is 8.33. The molecule has 120 valence electrons. The maximum absolute atomic E-state index is 6.46. The summed E-state index contributed by atoms with van der Waals surface area (Å²) in [4.78, 5) is 2.41. The molecule has 0 bridgehead atoms. The molecule has 0 aliphatic heterocycles. The summed E-state index contributed by atoms with van der Waals surface area (Å²) in [5.41, 5.74) is 7.42. The van der Waals surface area contributed by atoms with Crippen LogP contribution >= 0.6 is 0 Å².